The third-order valence-electron chi connectivity index (χ3n) is 3.30. The SMILES string of the molecule is COC(=O)C(CNC(=O)Nc1nc(C)cs1)Cc1ccc(O)cc1. The number of carbonyl (C=O) groups excluding carboxylic acids is 2. The van der Waals surface area contributed by atoms with Gasteiger partial charge in [0, 0.05) is 11.9 Å². The van der Waals surface area contributed by atoms with Crippen LogP contribution in [0.5, 0.6) is 5.75 Å². The molecular weight excluding hydrogens is 330 g/mol. The number of methoxy groups -OCH3 is 1. The number of carbonyl (C=O) groups is 2. The molecule has 1 unspecified atom stereocenters. The van der Waals surface area contributed by atoms with E-state index < -0.39 is 17.9 Å². The monoisotopic (exact) mass is 349 g/mol. The second-order valence-electron chi connectivity index (χ2n) is 5.22. The Hall–Kier alpha value is -2.61. The van der Waals surface area contributed by atoms with E-state index in [1.165, 1.54) is 18.4 Å². The molecule has 0 aliphatic rings. The average molecular weight is 349 g/mol. The van der Waals surface area contributed by atoms with Crippen molar-refractivity contribution in [2.75, 3.05) is 19.0 Å². The minimum absolute atomic E-state index is 0.129. The van der Waals surface area contributed by atoms with E-state index in [1.54, 1.807) is 24.3 Å². The zero-order valence-corrected chi connectivity index (χ0v) is 14.2. The van der Waals surface area contributed by atoms with Crippen LogP contribution in [0, 0.1) is 12.8 Å². The summed E-state index contributed by atoms with van der Waals surface area (Å²) >= 11 is 1.33. The summed E-state index contributed by atoms with van der Waals surface area (Å²) < 4.78 is 4.79. The maximum atomic E-state index is 11.9. The zero-order valence-electron chi connectivity index (χ0n) is 13.4. The fourth-order valence-corrected chi connectivity index (χ4v) is 2.77. The number of nitrogens with zero attached hydrogens (tertiary/aromatic N) is 1. The van der Waals surface area contributed by atoms with Crippen molar-refractivity contribution in [1.82, 2.24) is 10.3 Å². The van der Waals surface area contributed by atoms with Gasteiger partial charge in [0.05, 0.1) is 18.7 Å². The maximum absolute atomic E-state index is 11.9. The molecule has 128 valence electrons. The number of phenolic OH excluding ortho intramolecular Hbond substituents is 1. The number of nitrogens with one attached hydrogen (secondary N) is 2. The number of aromatic hydroxyl groups is 1. The van der Waals surface area contributed by atoms with Crippen molar-refractivity contribution in [2.24, 2.45) is 5.92 Å². The Labute approximate surface area is 143 Å². The van der Waals surface area contributed by atoms with Crippen LogP contribution in [0.15, 0.2) is 29.6 Å². The molecule has 1 atom stereocenters. The number of hydrogen-bond acceptors (Lipinski definition) is 6. The Bertz CT molecular complexity index is 700. The van der Waals surface area contributed by atoms with Crippen LogP contribution >= 0.6 is 11.3 Å². The maximum Gasteiger partial charge on any atom is 0.321 e. The molecule has 3 N–H and O–H groups in total. The molecule has 2 aromatic rings. The number of anilines is 1. The van der Waals surface area contributed by atoms with Crippen LogP contribution < -0.4 is 10.6 Å². The molecule has 2 amide bonds. The molecule has 24 heavy (non-hydrogen) atoms. The minimum atomic E-state index is -0.525. The van der Waals surface area contributed by atoms with Crippen molar-refractivity contribution in [3.63, 3.8) is 0 Å². The average Bonchev–Trinajstić information content (AvgIpc) is 2.97. The Morgan fingerprint density at radius 1 is 1.33 bits per heavy atom. The summed E-state index contributed by atoms with van der Waals surface area (Å²) in [6, 6.07) is 6.13. The van der Waals surface area contributed by atoms with Gasteiger partial charge in [-0.3, -0.25) is 10.1 Å². The molecule has 0 radical (unpaired) electrons. The van der Waals surface area contributed by atoms with Gasteiger partial charge in [0.15, 0.2) is 5.13 Å². The second-order valence-corrected chi connectivity index (χ2v) is 6.08. The van der Waals surface area contributed by atoms with Crippen LogP contribution in [0.3, 0.4) is 0 Å². The van der Waals surface area contributed by atoms with Crippen LogP contribution in [-0.2, 0) is 16.0 Å². The minimum Gasteiger partial charge on any atom is -0.508 e. The molecule has 8 heteroatoms. The summed E-state index contributed by atoms with van der Waals surface area (Å²) in [6.07, 6.45) is 0.392. The Balaban J connectivity index is 1.92. The van der Waals surface area contributed by atoms with E-state index >= 15 is 0 Å². The van der Waals surface area contributed by atoms with Gasteiger partial charge in [-0.1, -0.05) is 12.1 Å². The molecule has 0 saturated carbocycles. The number of amides is 2. The number of phenols is 1. The molecular formula is C16H19N3O4S. The highest BCUT2D eigenvalue weighted by molar-refractivity contribution is 7.13. The lowest BCUT2D eigenvalue weighted by Gasteiger charge is -2.15. The van der Waals surface area contributed by atoms with Gasteiger partial charge in [0.1, 0.15) is 5.75 Å². The number of rotatable bonds is 6. The number of hydrogen-bond donors (Lipinski definition) is 3. The number of benzene rings is 1. The van der Waals surface area contributed by atoms with Crippen molar-refractivity contribution < 1.29 is 19.4 Å². The van der Waals surface area contributed by atoms with E-state index in [0.717, 1.165) is 11.3 Å². The Morgan fingerprint density at radius 3 is 2.62 bits per heavy atom. The highest BCUT2D eigenvalue weighted by Crippen LogP contribution is 2.15. The van der Waals surface area contributed by atoms with Gasteiger partial charge >= 0.3 is 12.0 Å². The molecule has 1 aromatic heterocycles. The van der Waals surface area contributed by atoms with Crippen molar-refractivity contribution in [2.45, 2.75) is 13.3 Å². The van der Waals surface area contributed by atoms with Crippen molar-refractivity contribution >= 4 is 28.5 Å². The third-order valence-corrected chi connectivity index (χ3v) is 4.18. The zero-order chi connectivity index (χ0) is 17.5. The number of ether oxygens (including phenoxy) is 1. The first-order chi connectivity index (χ1) is 11.5. The lowest BCUT2D eigenvalue weighted by molar-refractivity contribution is -0.145. The highest BCUT2D eigenvalue weighted by atomic mass is 32.1. The van der Waals surface area contributed by atoms with Gasteiger partial charge in [-0.15, -0.1) is 11.3 Å². The first-order valence-corrected chi connectivity index (χ1v) is 8.18. The lowest BCUT2D eigenvalue weighted by Crippen LogP contribution is -2.37. The molecule has 2 rings (SSSR count). The highest BCUT2D eigenvalue weighted by Gasteiger charge is 2.21. The second kappa shape index (κ2) is 8.30. The van der Waals surface area contributed by atoms with Crippen molar-refractivity contribution in [3.05, 3.63) is 40.9 Å². The van der Waals surface area contributed by atoms with Crippen LogP contribution in [0.4, 0.5) is 9.93 Å². The van der Waals surface area contributed by atoms with Crippen LogP contribution in [0.2, 0.25) is 0 Å². The Morgan fingerprint density at radius 2 is 2.04 bits per heavy atom. The molecule has 7 nitrogen and oxygen atoms in total. The first-order valence-electron chi connectivity index (χ1n) is 7.30. The summed E-state index contributed by atoms with van der Waals surface area (Å²) in [4.78, 5) is 27.9. The number of aryl methyl sites for hydroxylation is 1. The third kappa shape index (κ3) is 5.24. The number of urea groups is 1. The molecule has 0 saturated heterocycles. The number of thiazole rings is 1. The summed E-state index contributed by atoms with van der Waals surface area (Å²) in [5.74, 6) is -0.776. The molecule has 1 aromatic carbocycles. The molecule has 0 aliphatic heterocycles. The number of aromatic nitrogens is 1. The van der Waals surface area contributed by atoms with E-state index in [4.69, 9.17) is 4.74 Å². The predicted octanol–water partition coefficient (Wildman–Crippen LogP) is 2.31. The molecule has 0 spiro atoms. The van der Waals surface area contributed by atoms with E-state index in [1.807, 2.05) is 12.3 Å². The van der Waals surface area contributed by atoms with Crippen LogP contribution in [0.25, 0.3) is 0 Å². The van der Waals surface area contributed by atoms with Gasteiger partial charge in [0.25, 0.3) is 0 Å². The fourth-order valence-electron chi connectivity index (χ4n) is 2.09. The van der Waals surface area contributed by atoms with Gasteiger partial charge in [-0.2, -0.15) is 0 Å². The standard InChI is InChI=1S/C16H19N3O4S/c1-10-9-24-16(18-10)19-15(22)17-8-12(14(21)23-2)7-11-3-5-13(20)6-4-11/h3-6,9,12,20H,7-8H2,1-2H3,(H2,17,18,19,22). The lowest BCUT2D eigenvalue weighted by atomic mass is 9.99. The van der Waals surface area contributed by atoms with E-state index in [2.05, 4.69) is 15.6 Å². The topological polar surface area (TPSA) is 101 Å². The van der Waals surface area contributed by atoms with Gasteiger partial charge in [0.2, 0.25) is 0 Å². The fraction of sp³-hybridized carbons (Fsp3) is 0.312. The van der Waals surface area contributed by atoms with E-state index in [0.29, 0.717) is 11.6 Å². The van der Waals surface area contributed by atoms with E-state index in [9.17, 15) is 14.7 Å². The molecule has 0 bridgehead atoms. The summed E-state index contributed by atoms with van der Waals surface area (Å²) in [5.41, 5.74) is 1.69. The quantitative estimate of drug-likeness (QED) is 0.695. The first kappa shape index (κ1) is 17.7. The smallest absolute Gasteiger partial charge is 0.321 e. The van der Waals surface area contributed by atoms with Gasteiger partial charge in [-0.05, 0) is 31.0 Å². The summed E-state index contributed by atoms with van der Waals surface area (Å²) in [7, 11) is 1.31. The molecule has 0 aliphatic carbocycles. The van der Waals surface area contributed by atoms with E-state index in [-0.39, 0.29) is 12.3 Å². The van der Waals surface area contributed by atoms with Crippen molar-refractivity contribution in [1.29, 1.82) is 0 Å². The number of esters is 1. The summed E-state index contributed by atoms with van der Waals surface area (Å²) in [5, 5.41) is 16.9. The van der Waals surface area contributed by atoms with Gasteiger partial charge < -0.3 is 15.2 Å². The summed E-state index contributed by atoms with van der Waals surface area (Å²) in [6.45, 7) is 1.97. The predicted molar refractivity (Wildman–Crippen MR) is 91.2 cm³/mol. The van der Waals surface area contributed by atoms with Crippen LogP contribution in [-0.4, -0.2) is 35.7 Å². The van der Waals surface area contributed by atoms with Crippen molar-refractivity contribution in [3.8, 4) is 5.75 Å². The normalized spacial score (nSPS) is 11.6. The van der Waals surface area contributed by atoms with Gasteiger partial charge in [-0.25, -0.2) is 9.78 Å². The molecule has 0 fully saturated rings. The molecule has 1 heterocycles. The van der Waals surface area contributed by atoms with Crippen LogP contribution in [0.1, 0.15) is 11.3 Å². The largest absolute Gasteiger partial charge is 0.508 e. The Kier molecular flexibility index (Phi) is 6.14.